The molecule has 1 rings (SSSR count). The second-order valence-corrected chi connectivity index (χ2v) is 5.89. The van der Waals surface area contributed by atoms with Gasteiger partial charge in [0.25, 0.3) is 0 Å². The highest BCUT2D eigenvalue weighted by atomic mass is 19.1. The molecule has 0 saturated heterocycles. The zero-order valence-corrected chi connectivity index (χ0v) is 12.7. The van der Waals surface area contributed by atoms with Crippen molar-refractivity contribution in [1.29, 1.82) is 0 Å². The molecule has 0 heterocycles. The molecule has 1 aromatic carbocycles. The van der Waals surface area contributed by atoms with E-state index in [0.29, 0.717) is 11.4 Å². The van der Waals surface area contributed by atoms with Crippen LogP contribution in [0.4, 0.5) is 8.78 Å². The molecule has 0 bridgehead atoms. The Morgan fingerprint density at radius 3 is 2.40 bits per heavy atom. The minimum atomic E-state index is -0.500. The third-order valence-electron chi connectivity index (χ3n) is 3.16. The van der Waals surface area contributed by atoms with Gasteiger partial charge in [-0.05, 0) is 37.5 Å². The van der Waals surface area contributed by atoms with Gasteiger partial charge in [0, 0.05) is 17.3 Å². The third-order valence-corrected chi connectivity index (χ3v) is 3.16. The summed E-state index contributed by atoms with van der Waals surface area (Å²) in [6.45, 7) is 9.56. The van der Waals surface area contributed by atoms with Crippen molar-refractivity contribution in [2.24, 2.45) is 16.1 Å². The molecule has 4 heteroatoms. The van der Waals surface area contributed by atoms with Crippen molar-refractivity contribution in [2.75, 3.05) is 0 Å². The third kappa shape index (κ3) is 3.97. The van der Waals surface area contributed by atoms with E-state index in [1.54, 1.807) is 19.9 Å². The van der Waals surface area contributed by atoms with E-state index in [4.69, 9.17) is 5.73 Å². The monoisotopic (exact) mass is 280 g/mol. The summed E-state index contributed by atoms with van der Waals surface area (Å²) in [5.74, 6) is -0.992. The summed E-state index contributed by atoms with van der Waals surface area (Å²) in [5, 5.41) is 0. The lowest BCUT2D eigenvalue weighted by Crippen LogP contribution is -2.41. The van der Waals surface area contributed by atoms with E-state index >= 15 is 0 Å². The average molecular weight is 280 g/mol. The lowest BCUT2D eigenvalue weighted by atomic mass is 9.85. The molecule has 0 saturated carbocycles. The van der Waals surface area contributed by atoms with Crippen molar-refractivity contribution in [2.45, 2.75) is 40.7 Å². The first-order valence-corrected chi connectivity index (χ1v) is 6.59. The van der Waals surface area contributed by atoms with Gasteiger partial charge in [0.1, 0.15) is 11.6 Å². The summed E-state index contributed by atoms with van der Waals surface area (Å²) >= 11 is 0. The number of hydrogen-bond donors (Lipinski definition) is 1. The van der Waals surface area contributed by atoms with E-state index in [9.17, 15) is 8.78 Å². The predicted octanol–water partition coefficient (Wildman–Crippen LogP) is 4.16. The number of nitrogens with two attached hydrogens (primary N) is 1. The Morgan fingerprint density at radius 1 is 1.30 bits per heavy atom. The van der Waals surface area contributed by atoms with Crippen LogP contribution >= 0.6 is 0 Å². The summed E-state index contributed by atoms with van der Waals surface area (Å²) in [6, 6.07) is 3.07. The van der Waals surface area contributed by atoms with Crippen molar-refractivity contribution in [3.63, 3.8) is 0 Å². The molecule has 2 nitrogen and oxygen atoms in total. The van der Waals surface area contributed by atoms with Crippen molar-refractivity contribution < 1.29 is 8.78 Å². The van der Waals surface area contributed by atoms with Crippen molar-refractivity contribution in [3.05, 3.63) is 41.5 Å². The number of hydrogen-bond acceptors (Lipinski definition) is 2. The maximum Gasteiger partial charge on any atom is 0.132 e. The summed E-state index contributed by atoms with van der Waals surface area (Å²) in [6.07, 6.45) is 1.65. The van der Waals surface area contributed by atoms with Gasteiger partial charge in [-0.3, -0.25) is 4.99 Å². The van der Waals surface area contributed by atoms with Gasteiger partial charge in [-0.15, -0.1) is 0 Å². The lowest BCUT2D eigenvalue weighted by molar-refractivity contribution is 0.381. The molecule has 0 unspecified atom stereocenters. The number of halogens is 2. The van der Waals surface area contributed by atoms with Gasteiger partial charge < -0.3 is 5.73 Å². The van der Waals surface area contributed by atoms with Crippen LogP contribution in [0.2, 0.25) is 0 Å². The van der Waals surface area contributed by atoms with Crippen LogP contribution in [0.1, 0.15) is 40.2 Å². The average Bonchev–Trinajstić information content (AvgIpc) is 2.36. The smallest absolute Gasteiger partial charge is 0.132 e. The van der Waals surface area contributed by atoms with Crippen LogP contribution in [0.5, 0.6) is 0 Å². The Balaban J connectivity index is 3.19. The normalized spacial score (nSPS) is 15.4. The minimum Gasteiger partial charge on any atom is -0.323 e. The summed E-state index contributed by atoms with van der Waals surface area (Å²) in [4.78, 5) is 4.38. The largest absolute Gasteiger partial charge is 0.323 e. The van der Waals surface area contributed by atoms with Gasteiger partial charge in [0.2, 0.25) is 0 Å². The van der Waals surface area contributed by atoms with Crippen LogP contribution in [-0.2, 0) is 0 Å². The molecule has 0 aromatic heterocycles. The number of nitrogens with zero attached hydrogens (tertiary/aromatic N) is 1. The zero-order chi connectivity index (χ0) is 15.5. The van der Waals surface area contributed by atoms with Crippen molar-refractivity contribution in [1.82, 2.24) is 0 Å². The SMILES string of the molecule is C/C=C(\N=C(/C)[C@H](N)C(C)(C)C)c1cc(F)ccc1F. The van der Waals surface area contributed by atoms with Gasteiger partial charge in [0.05, 0.1) is 5.70 Å². The van der Waals surface area contributed by atoms with E-state index in [1.165, 1.54) is 0 Å². The number of allylic oxidation sites excluding steroid dienone is 1. The highest BCUT2D eigenvalue weighted by molar-refractivity contribution is 5.92. The highest BCUT2D eigenvalue weighted by Gasteiger charge is 2.23. The molecule has 110 valence electrons. The Labute approximate surface area is 119 Å². The lowest BCUT2D eigenvalue weighted by Gasteiger charge is -2.27. The van der Waals surface area contributed by atoms with Crippen LogP contribution in [0.25, 0.3) is 5.70 Å². The Morgan fingerprint density at radius 2 is 1.90 bits per heavy atom. The maximum atomic E-state index is 13.8. The van der Waals surface area contributed by atoms with Crippen LogP contribution in [0, 0.1) is 17.0 Å². The van der Waals surface area contributed by atoms with E-state index in [-0.39, 0.29) is 17.0 Å². The Kier molecular flexibility index (Phi) is 5.17. The number of benzene rings is 1. The molecule has 1 atom stereocenters. The predicted molar refractivity (Wildman–Crippen MR) is 80.5 cm³/mol. The summed E-state index contributed by atoms with van der Waals surface area (Å²) < 4.78 is 27.0. The van der Waals surface area contributed by atoms with Gasteiger partial charge in [-0.2, -0.15) is 0 Å². The first-order chi connectivity index (χ1) is 9.16. The zero-order valence-electron chi connectivity index (χ0n) is 12.7. The van der Waals surface area contributed by atoms with Crippen LogP contribution in [0.15, 0.2) is 29.3 Å². The quantitative estimate of drug-likeness (QED) is 0.829. The molecular formula is C16H22F2N2. The van der Waals surface area contributed by atoms with E-state index in [1.807, 2.05) is 20.8 Å². The second-order valence-electron chi connectivity index (χ2n) is 5.89. The first kappa shape index (κ1) is 16.5. The Bertz CT molecular complexity index is 540. The Hall–Kier alpha value is -1.55. The van der Waals surface area contributed by atoms with E-state index < -0.39 is 11.6 Å². The van der Waals surface area contributed by atoms with Crippen LogP contribution in [0.3, 0.4) is 0 Å². The number of aliphatic imine (C=N–C) groups is 1. The molecule has 0 spiro atoms. The van der Waals surface area contributed by atoms with Gasteiger partial charge in [-0.25, -0.2) is 8.78 Å². The second kappa shape index (κ2) is 6.27. The standard InChI is InChI=1S/C16H22F2N2/c1-6-14(12-9-11(17)7-8-13(12)18)20-10(2)15(19)16(3,4)5/h6-9,15H,19H2,1-5H3/b14-6-,20-10+/t15-/m0/s1. The molecule has 2 N–H and O–H groups in total. The minimum absolute atomic E-state index is 0.146. The fourth-order valence-corrected chi connectivity index (χ4v) is 1.86. The maximum absolute atomic E-state index is 13.8. The molecule has 0 radical (unpaired) electrons. The van der Waals surface area contributed by atoms with E-state index in [0.717, 1.165) is 18.2 Å². The molecule has 0 aliphatic heterocycles. The molecule has 0 fully saturated rings. The fourth-order valence-electron chi connectivity index (χ4n) is 1.86. The molecule has 0 aliphatic carbocycles. The van der Waals surface area contributed by atoms with Crippen molar-refractivity contribution >= 4 is 11.4 Å². The number of rotatable bonds is 3. The molecular weight excluding hydrogens is 258 g/mol. The van der Waals surface area contributed by atoms with Gasteiger partial charge >= 0.3 is 0 Å². The topological polar surface area (TPSA) is 38.4 Å². The highest BCUT2D eigenvalue weighted by Crippen LogP contribution is 2.24. The van der Waals surface area contributed by atoms with Crippen LogP contribution in [-0.4, -0.2) is 11.8 Å². The molecule has 0 amide bonds. The molecule has 0 aliphatic rings. The molecule has 1 aromatic rings. The first-order valence-electron chi connectivity index (χ1n) is 6.59. The van der Waals surface area contributed by atoms with Gasteiger partial charge in [-0.1, -0.05) is 26.8 Å². The summed E-state index contributed by atoms with van der Waals surface area (Å²) in [7, 11) is 0. The van der Waals surface area contributed by atoms with Crippen molar-refractivity contribution in [3.8, 4) is 0 Å². The molecule has 20 heavy (non-hydrogen) atoms. The fraction of sp³-hybridized carbons (Fsp3) is 0.438. The van der Waals surface area contributed by atoms with Gasteiger partial charge in [0.15, 0.2) is 0 Å². The van der Waals surface area contributed by atoms with Crippen LogP contribution < -0.4 is 5.73 Å². The van der Waals surface area contributed by atoms with E-state index in [2.05, 4.69) is 4.99 Å². The summed E-state index contributed by atoms with van der Waals surface area (Å²) in [5.41, 5.74) is 7.20.